The second-order valence-electron chi connectivity index (χ2n) is 5.89. The summed E-state index contributed by atoms with van der Waals surface area (Å²) in [5, 5.41) is 14.1. The normalized spacial score (nSPS) is 11.0. The van der Waals surface area contributed by atoms with Crippen molar-refractivity contribution in [3.05, 3.63) is 77.4 Å². The number of benzene rings is 3. The lowest BCUT2D eigenvalue weighted by molar-refractivity contribution is -0.112. The van der Waals surface area contributed by atoms with E-state index in [1.807, 2.05) is 73.7 Å². The van der Waals surface area contributed by atoms with E-state index in [9.17, 15) is 10.1 Å². The number of hydrogen-bond donors (Lipinski definition) is 1. The van der Waals surface area contributed by atoms with Gasteiger partial charge in [0, 0.05) is 11.1 Å². The van der Waals surface area contributed by atoms with Crippen molar-refractivity contribution in [1.82, 2.24) is 0 Å². The van der Waals surface area contributed by atoms with Gasteiger partial charge in [-0.3, -0.25) is 4.79 Å². The van der Waals surface area contributed by atoms with Gasteiger partial charge in [0.2, 0.25) is 0 Å². The van der Waals surface area contributed by atoms with Gasteiger partial charge in [0.1, 0.15) is 17.4 Å². The quantitative estimate of drug-likeness (QED) is 0.552. The molecule has 3 rings (SSSR count). The Bertz CT molecular complexity index is 1030. The number of aryl methyl sites for hydroxylation is 1. The van der Waals surface area contributed by atoms with Crippen molar-refractivity contribution in [2.75, 3.05) is 12.4 Å². The Labute approximate surface area is 152 Å². The van der Waals surface area contributed by atoms with E-state index in [0.29, 0.717) is 5.69 Å². The van der Waals surface area contributed by atoms with Gasteiger partial charge in [-0.1, -0.05) is 48.0 Å². The molecule has 1 amide bonds. The molecule has 0 aliphatic heterocycles. The van der Waals surface area contributed by atoms with E-state index in [0.717, 1.165) is 27.6 Å². The van der Waals surface area contributed by atoms with Gasteiger partial charge >= 0.3 is 0 Å². The molecule has 0 atom stereocenters. The molecule has 0 spiro atoms. The third-order valence-electron chi connectivity index (χ3n) is 4.11. The topological polar surface area (TPSA) is 62.1 Å². The fourth-order valence-electron chi connectivity index (χ4n) is 2.74. The third kappa shape index (κ3) is 3.57. The summed E-state index contributed by atoms with van der Waals surface area (Å²) in [5.41, 5.74) is 2.59. The van der Waals surface area contributed by atoms with E-state index in [-0.39, 0.29) is 5.57 Å². The Morgan fingerprint density at radius 1 is 1.04 bits per heavy atom. The average molecular weight is 342 g/mol. The molecule has 0 aromatic heterocycles. The van der Waals surface area contributed by atoms with E-state index >= 15 is 0 Å². The number of ether oxygens (including phenoxy) is 1. The first-order valence-electron chi connectivity index (χ1n) is 8.18. The van der Waals surface area contributed by atoms with Crippen molar-refractivity contribution in [1.29, 1.82) is 5.26 Å². The zero-order valence-electron chi connectivity index (χ0n) is 14.6. The first kappa shape index (κ1) is 17.2. The Hall–Kier alpha value is -3.58. The lowest BCUT2D eigenvalue weighted by Gasteiger charge is -2.09. The van der Waals surface area contributed by atoms with Gasteiger partial charge in [0.15, 0.2) is 0 Å². The van der Waals surface area contributed by atoms with Crippen molar-refractivity contribution in [2.45, 2.75) is 6.92 Å². The number of nitrogens with zero attached hydrogens (tertiary/aromatic N) is 1. The lowest BCUT2D eigenvalue weighted by atomic mass is 10.0. The predicted molar refractivity (Wildman–Crippen MR) is 104 cm³/mol. The molecule has 1 N–H and O–H groups in total. The van der Waals surface area contributed by atoms with Crippen molar-refractivity contribution in [3.8, 4) is 11.8 Å². The number of anilines is 1. The molecule has 0 heterocycles. The number of carbonyl (C=O) groups is 1. The molecule has 0 fully saturated rings. The highest BCUT2D eigenvalue weighted by atomic mass is 16.5. The number of fused-ring (bicyclic) bond motifs is 1. The molecule has 128 valence electrons. The Balaban J connectivity index is 1.97. The van der Waals surface area contributed by atoms with E-state index in [4.69, 9.17) is 4.74 Å². The maximum atomic E-state index is 12.5. The standard InChI is InChI=1S/C22H18N2O2/c1-15-7-10-18(11-8-15)24-22(25)17(14-23)13-16-9-12-21(26-2)20-6-4-3-5-19(16)20/h3-13H,1-2H3,(H,24,25)/b17-13-. The van der Waals surface area contributed by atoms with Crippen molar-refractivity contribution >= 4 is 28.4 Å². The molecule has 0 bridgehead atoms. The summed E-state index contributed by atoms with van der Waals surface area (Å²) in [6.07, 6.45) is 1.60. The minimum absolute atomic E-state index is 0.0425. The van der Waals surface area contributed by atoms with Gasteiger partial charge in [0.05, 0.1) is 7.11 Å². The molecule has 3 aromatic rings. The Morgan fingerprint density at radius 3 is 2.38 bits per heavy atom. The monoisotopic (exact) mass is 342 g/mol. The molecule has 4 nitrogen and oxygen atoms in total. The highest BCUT2D eigenvalue weighted by Crippen LogP contribution is 2.29. The molecule has 0 unspecified atom stereocenters. The predicted octanol–water partition coefficient (Wildman–Crippen LogP) is 4.70. The molecule has 3 aromatic carbocycles. The number of nitriles is 1. The molecule has 0 saturated carbocycles. The number of hydrogen-bond acceptors (Lipinski definition) is 3. The average Bonchev–Trinajstić information content (AvgIpc) is 2.67. The molecule has 0 aliphatic rings. The molecular weight excluding hydrogens is 324 g/mol. The van der Waals surface area contributed by atoms with Crippen LogP contribution in [0.4, 0.5) is 5.69 Å². The van der Waals surface area contributed by atoms with E-state index in [1.54, 1.807) is 13.2 Å². The number of nitrogens with one attached hydrogen (secondary N) is 1. The summed E-state index contributed by atoms with van der Waals surface area (Å²) < 4.78 is 5.38. The van der Waals surface area contributed by atoms with Crippen LogP contribution in [0.5, 0.6) is 5.75 Å². The van der Waals surface area contributed by atoms with Crippen LogP contribution in [-0.2, 0) is 4.79 Å². The van der Waals surface area contributed by atoms with E-state index in [1.165, 1.54) is 0 Å². The van der Waals surface area contributed by atoms with Crippen LogP contribution in [0.2, 0.25) is 0 Å². The van der Waals surface area contributed by atoms with Gasteiger partial charge < -0.3 is 10.1 Å². The zero-order valence-corrected chi connectivity index (χ0v) is 14.6. The van der Waals surface area contributed by atoms with Crippen LogP contribution in [0.3, 0.4) is 0 Å². The van der Waals surface area contributed by atoms with Crippen LogP contribution in [-0.4, -0.2) is 13.0 Å². The molecule has 0 aliphatic carbocycles. The second-order valence-corrected chi connectivity index (χ2v) is 5.89. The zero-order chi connectivity index (χ0) is 18.5. The first-order valence-corrected chi connectivity index (χ1v) is 8.18. The third-order valence-corrected chi connectivity index (χ3v) is 4.11. The van der Waals surface area contributed by atoms with E-state index in [2.05, 4.69) is 5.32 Å². The van der Waals surface area contributed by atoms with Crippen LogP contribution in [0.15, 0.2) is 66.2 Å². The molecule has 26 heavy (non-hydrogen) atoms. The number of rotatable bonds is 4. The highest BCUT2D eigenvalue weighted by Gasteiger charge is 2.11. The summed E-state index contributed by atoms with van der Waals surface area (Å²) >= 11 is 0. The fourth-order valence-corrected chi connectivity index (χ4v) is 2.74. The van der Waals surface area contributed by atoms with Gasteiger partial charge in [-0.2, -0.15) is 5.26 Å². The molecule has 4 heteroatoms. The summed E-state index contributed by atoms with van der Waals surface area (Å²) in [7, 11) is 1.62. The Kier molecular flexibility index (Phi) is 5.00. The Morgan fingerprint density at radius 2 is 1.73 bits per heavy atom. The van der Waals surface area contributed by atoms with Crippen LogP contribution >= 0.6 is 0 Å². The van der Waals surface area contributed by atoms with E-state index < -0.39 is 5.91 Å². The number of amides is 1. The smallest absolute Gasteiger partial charge is 0.266 e. The largest absolute Gasteiger partial charge is 0.496 e. The van der Waals surface area contributed by atoms with Crippen LogP contribution in [0.1, 0.15) is 11.1 Å². The minimum Gasteiger partial charge on any atom is -0.496 e. The van der Waals surface area contributed by atoms with Gasteiger partial charge in [-0.05, 0) is 42.1 Å². The second kappa shape index (κ2) is 7.54. The molecule has 0 radical (unpaired) electrons. The van der Waals surface area contributed by atoms with Gasteiger partial charge in [0.25, 0.3) is 5.91 Å². The van der Waals surface area contributed by atoms with Crippen molar-refractivity contribution < 1.29 is 9.53 Å². The number of methoxy groups -OCH3 is 1. The van der Waals surface area contributed by atoms with Gasteiger partial charge in [-0.25, -0.2) is 0 Å². The molecule has 0 saturated heterocycles. The maximum absolute atomic E-state index is 12.5. The first-order chi connectivity index (χ1) is 12.6. The fraction of sp³-hybridized carbons (Fsp3) is 0.0909. The summed E-state index contributed by atoms with van der Waals surface area (Å²) in [6.45, 7) is 1.97. The minimum atomic E-state index is -0.434. The summed E-state index contributed by atoms with van der Waals surface area (Å²) in [5.74, 6) is 0.316. The van der Waals surface area contributed by atoms with Crippen molar-refractivity contribution in [2.24, 2.45) is 0 Å². The summed E-state index contributed by atoms with van der Waals surface area (Å²) in [4.78, 5) is 12.5. The van der Waals surface area contributed by atoms with Gasteiger partial charge in [-0.15, -0.1) is 0 Å². The van der Waals surface area contributed by atoms with Crippen molar-refractivity contribution in [3.63, 3.8) is 0 Å². The molecular formula is C22H18N2O2. The maximum Gasteiger partial charge on any atom is 0.266 e. The summed E-state index contributed by atoms with van der Waals surface area (Å²) in [6, 6.07) is 20.8. The highest BCUT2D eigenvalue weighted by molar-refractivity contribution is 6.11. The van der Waals surface area contributed by atoms with Crippen LogP contribution in [0.25, 0.3) is 16.8 Å². The number of carbonyl (C=O) groups excluding carboxylic acids is 1. The SMILES string of the molecule is COc1ccc(/C=C(/C#N)C(=O)Nc2ccc(C)cc2)c2ccccc12. The van der Waals surface area contributed by atoms with Crippen LogP contribution < -0.4 is 10.1 Å². The van der Waals surface area contributed by atoms with Crippen LogP contribution in [0, 0.1) is 18.3 Å². The lowest BCUT2D eigenvalue weighted by Crippen LogP contribution is -2.13.